The largest absolute Gasteiger partial charge is 0.453 e. The van der Waals surface area contributed by atoms with Gasteiger partial charge in [-0.15, -0.1) is 0 Å². The summed E-state index contributed by atoms with van der Waals surface area (Å²) in [5.41, 5.74) is 0. The number of rotatable bonds is 9. The molecule has 0 fully saturated rings. The molecule has 0 aromatic carbocycles. The molecule has 0 N–H and O–H groups in total. The molecule has 0 heterocycles. The van der Waals surface area contributed by atoms with Gasteiger partial charge in [-0.25, -0.2) is 0 Å². The zero-order chi connectivity index (χ0) is 20.1. The Morgan fingerprint density at radius 1 is 0.800 bits per heavy atom. The summed E-state index contributed by atoms with van der Waals surface area (Å²) >= 11 is 0. The first-order valence-electron chi connectivity index (χ1n) is 6.33. The number of hydrogen-bond acceptors (Lipinski definition) is 3. The number of nitrogens with zero attached hydrogens (tertiary/aromatic N) is 1. The molecule has 25 heavy (non-hydrogen) atoms. The zero-order valence-corrected chi connectivity index (χ0v) is 14.5. The fraction of sp³-hybridized carbons (Fsp3) is 1.00. The Balaban J connectivity index is 4.18. The minimum atomic E-state index is -5.74. The van der Waals surface area contributed by atoms with Gasteiger partial charge in [0.25, 0.3) is 0 Å². The van der Waals surface area contributed by atoms with Gasteiger partial charge in [0, 0.05) is 0 Å². The third-order valence-electron chi connectivity index (χ3n) is 2.86. The Bertz CT molecular complexity index is 440. The average molecular weight is 431 g/mol. The van der Waals surface area contributed by atoms with E-state index < -0.39 is 66.8 Å². The summed E-state index contributed by atoms with van der Waals surface area (Å²) in [6, 6.07) is 0. The van der Waals surface area contributed by atoms with Crippen LogP contribution in [0.5, 0.6) is 0 Å². The van der Waals surface area contributed by atoms with Gasteiger partial charge in [-0.1, -0.05) is 13.8 Å². The van der Waals surface area contributed by atoms with E-state index in [-0.39, 0.29) is 0 Å². The van der Waals surface area contributed by atoms with Gasteiger partial charge in [0.1, 0.15) is 8.96 Å². The zero-order valence-electron chi connectivity index (χ0n) is 12.6. The van der Waals surface area contributed by atoms with Crippen LogP contribution in [0.1, 0.15) is 13.8 Å². The molecule has 0 aromatic rings. The van der Waals surface area contributed by atoms with Crippen LogP contribution in [0.3, 0.4) is 0 Å². The van der Waals surface area contributed by atoms with Crippen LogP contribution in [0.4, 0.5) is 43.9 Å². The molecular weight excluding hydrogens is 418 g/mol. The number of hydrogen-bond donors (Lipinski definition) is 0. The molecule has 150 valence electrons. The van der Waals surface area contributed by atoms with Gasteiger partial charge in [-0.3, -0.25) is 0 Å². The lowest BCUT2D eigenvalue weighted by Gasteiger charge is -2.25. The van der Waals surface area contributed by atoms with E-state index in [0.29, 0.717) is 13.8 Å². The molecule has 0 aromatic heterocycles. The van der Waals surface area contributed by atoms with E-state index in [1.807, 2.05) is 0 Å². The first kappa shape index (κ1) is 24.8. The van der Waals surface area contributed by atoms with Gasteiger partial charge >= 0.3 is 24.2 Å². The van der Waals surface area contributed by atoms with Crippen molar-refractivity contribution in [3.63, 3.8) is 0 Å². The Hall–Kier alpha value is -0.250. The SMILES string of the molecule is CC(COP=NPOCC(C)C(F)(F)C(F)(F)F)C(F)(F)C(F)(F)F. The number of halogens is 10. The van der Waals surface area contributed by atoms with E-state index in [9.17, 15) is 43.9 Å². The summed E-state index contributed by atoms with van der Waals surface area (Å²) in [4.78, 5) is 0. The molecule has 0 saturated heterocycles. The Kier molecular flexibility index (Phi) is 9.01. The molecule has 0 bridgehead atoms. The highest BCUT2D eigenvalue weighted by Crippen LogP contribution is 2.43. The monoisotopic (exact) mass is 431 g/mol. The normalized spacial score (nSPS) is 17.6. The van der Waals surface area contributed by atoms with E-state index in [1.54, 1.807) is 0 Å². The topological polar surface area (TPSA) is 30.8 Å². The van der Waals surface area contributed by atoms with E-state index >= 15 is 0 Å². The van der Waals surface area contributed by atoms with E-state index in [1.165, 1.54) is 0 Å². The highest BCUT2D eigenvalue weighted by Gasteiger charge is 2.61. The van der Waals surface area contributed by atoms with Crippen molar-refractivity contribution < 1.29 is 53.0 Å². The van der Waals surface area contributed by atoms with Crippen molar-refractivity contribution in [3.8, 4) is 0 Å². The second kappa shape index (κ2) is 9.10. The van der Waals surface area contributed by atoms with Gasteiger partial charge < -0.3 is 9.05 Å². The highest BCUT2D eigenvalue weighted by molar-refractivity contribution is 7.39. The Morgan fingerprint density at radius 3 is 1.60 bits per heavy atom. The first-order valence-corrected chi connectivity index (χ1v) is 7.95. The summed E-state index contributed by atoms with van der Waals surface area (Å²) < 4.78 is 136. The first-order chi connectivity index (χ1) is 11.0. The lowest BCUT2D eigenvalue weighted by Crippen LogP contribution is -2.43. The van der Waals surface area contributed by atoms with Crippen LogP contribution in [0.15, 0.2) is 4.52 Å². The van der Waals surface area contributed by atoms with Gasteiger partial charge in [0.15, 0.2) is 8.60 Å². The van der Waals surface area contributed by atoms with Crippen molar-refractivity contribution in [2.24, 2.45) is 16.4 Å². The van der Waals surface area contributed by atoms with Gasteiger partial charge in [-0.05, 0) is 0 Å². The maximum Gasteiger partial charge on any atom is 0.453 e. The van der Waals surface area contributed by atoms with Crippen LogP contribution in [0.25, 0.3) is 0 Å². The van der Waals surface area contributed by atoms with E-state index in [2.05, 4.69) is 13.6 Å². The van der Waals surface area contributed by atoms with Crippen LogP contribution in [-0.2, 0) is 9.05 Å². The lowest BCUT2D eigenvalue weighted by molar-refractivity contribution is -0.302. The summed E-state index contributed by atoms with van der Waals surface area (Å²) in [7, 11) is -1.38. The summed E-state index contributed by atoms with van der Waals surface area (Å²) in [5, 5.41) is 0. The maximum atomic E-state index is 12.8. The smallest absolute Gasteiger partial charge is 0.339 e. The molecule has 0 rings (SSSR count). The third kappa shape index (κ3) is 7.11. The second-order valence-electron chi connectivity index (χ2n) is 4.92. The Morgan fingerprint density at radius 2 is 1.20 bits per heavy atom. The van der Waals surface area contributed by atoms with Gasteiger partial charge in [-0.2, -0.15) is 48.4 Å². The molecule has 0 aliphatic rings. The minimum absolute atomic E-state index is 0.428. The van der Waals surface area contributed by atoms with Gasteiger partial charge in [0.2, 0.25) is 0 Å². The van der Waals surface area contributed by atoms with Crippen molar-refractivity contribution in [1.82, 2.24) is 0 Å². The van der Waals surface area contributed by atoms with Crippen LogP contribution in [0.2, 0.25) is 0 Å². The maximum absolute atomic E-state index is 12.8. The predicted octanol–water partition coefficient (Wildman–Crippen LogP) is 6.24. The predicted molar refractivity (Wildman–Crippen MR) is 69.9 cm³/mol. The van der Waals surface area contributed by atoms with Crippen molar-refractivity contribution in [1.29, 1.82) is 0 Å². The Labute approximate surface area is 139 Å². The molecule has 15 heteroatoms. The molecule has 0 saturated carbocycles. The average Bonchev–Trinajstić information content (AvgIpc) is 2.43. The third-order valence-corrected chi connectivity index (χ3v) is 4.07. The molecule has 3 unspecified atom stereocenters. The van der Waals surface area contributed by atoms with Crippen molar-refractivity contribution >= 4 is 17.6 Å². The van der Waals surface area contributed by atoms with Crippen LogP contribution in [-0.4, -0.2) is 37.4 Å². The molecule has 0 radical (unpaired) electrons. The summed E-state index contributed by atoms with van der Waals surface area (Å²) in [6.45, 7) is -0.799. The fourth-order valence-corrected chi connectivity index (χ4v) is 2.36. The quantitative estimate of drug-likeness (QED) is 0.246. The molecule has 0 spiro atoms. The van der Waals surface area contributed by atoms with Crippen molar-refractivity contribution in [2.75, 3.05) is 13.2 Å². The van der Waals surface area contributed by atoms with Crippen molar-refractivity contribution in [3.05, 3.63) is 0 Å². The van der Waals surface area contributed by atoms with Crippen LogP contribution in [0, 0.1) is 11.8 Å². The molecule has 0 aliphatic carbocycles. The molecule has 3 atom stereocenters. The number of alkyl halides is 10. The minimum Gasteiger partial charge on any atom is -0.339 e. The second-order valence-corrected chi connectivity index (χ2v) is 6.62. The van der Waals surface area contributed by atoms with Crippen LogP contribution < -0.4 is 0 Å². The van der Waals surface area contributed by atoms with E-state index in [0.717, 1.165) is 0 Å². The fourth-order valence-electron chi connectivity index (χ4n) is 1.15. The van der Waals surface area contributed by atoms with Crippen LogP contribution >= 0.6 is 17.6 Å². The summed E-state index contributed by atoms with van der Waals surface area (Å²) in [5.74, 6) is -14.3. The molecule has 3 nitrogen and oxygen atoms in total. The highest BCUT2D eigenvalue weighted by atomic mass is 31.1. The van der Waals surface area contributed by atoms with E-state index in [4.69, 9.17) is 0 Å². The molecular formula is C10H13F10NO2P2. The standard InChI is InChI=1S/C10H13F10NO2P2/c1-5(7(11,12)9(15,16)17)3-22-24-21-25-23-4-6(2)8(13,14)10(18,19)20/h5-6,24H,3-4H2,1-2H3. The lowest BCUT2D eigenvalue weighted by atomic mass is 10.1. The van der Waals surface area contributed by atoms with Crippen molar-refractivity contribution in [2.45, 2.75) is 38.0 Å². The molecule has 0 aliphatic heterocycles. The molecule has 0 amide bonds. The summed E-state index contributed by atoms with van der Waals surface area (Å²) in [6.07, 6.45) is -11.5. The van der Waals surface area contributed by atoms with Gasteiger partial charge in [0.05, 0.1) is 25.0 Å².